The summed E-state index contributed by atoms with van der Waals surface area (Å²) in [5.41, 5.74) is 3.65. The van der Waals surface area contributed by atoms with Gasteiger partial charge in [0.05, 0.1) is 11.5 Å². The zero-order valence-electron chi connectivity index (χ0n) is 14.7. The van der Waals surface area contributed by atoms with Gasteiger partial charge in [-0.2, -0.15) is 5.26 Å². The topological polar surface area (TPSA) is 56.1 Å². The van der Waals surface area contributed by atoms with E-state index in [9.17, 15) is 10.1 Å². The molecule has 0 radical (unpaired) electrons. The van der Waals surface area contributed by atoms with E-state index in [1.54, 1.807) is 4.90 Å². The summed E-state index contributed by atoms with van der Waals surface area (Å²) in [6.07, 6.45) is 1.32. The number of anilines is 1. The van der Waals surface area contributed by atoms with E-state index in [-0.39, 0.29) is 6.03 Å². The lowest BCUT2D eigenvalue weighted by Crippen LogP contribution is -2.46. The lowest BCUT2D eigenvalue weighted by atomic mass is 9.74. The molecule has 0 bridgehead atoms. The van der Waals surface area contributed by atoms with Gasteiger partial charge >= 0.3 is 6.03 Å². The predicted molar refractivity (Wildman–Crippen MR) is 99.5 cm³/mol. The van der Waals surface area contributed by atoms with Crippen molar-refractivity contribution < 1.29 is 4.79 Å². The van der Waals surface area contributed by atoms with Crippen LogP contribution in [-0.4, -0.2) is 24.0 Å². The third-order valence-corrected chi connectivity index (χ3v) is 5.29. The molecule has 1 saturated heterocycles. The van der Waals surface area contributed by atoms with Gasteiger partial charge in [0.1, 0.15) is 0 Å². The highest BCUT2D eigenvalue weighted by Gasteiger charge is 2.37. The molecule has 0 aliphatic carbocycles. The molecule has 0 aromatic heterocycles. The predicted octanol–water partition coefficient (Wildman–Crippen LogP) is 4.39. The van der Waals surface area contributed by atoms with E-state index in [1.807, 2.05) is 62.4 Å². The summed E-state index contributed by atoms with van der Waals surface area (Å²) in [4.78, 5) is 14.4. The molecule has 4 heteroatoms. The molecule has 3 rings (SSSR count). The Kier molecular flexibility index (Phi) is 4.76. The van der Waals surface area contributed by atoms with Gasteiger partial charge in [-0.3, -0.25) is 0 Å². The maximum Gasteiger partial charge on any atom is 0.321 e. The summed E-state index contributed by atoms with van der Waals surface area (Å²) in [6, 6.07) is 18.2. The van der Waals surface area contributed by atoms with Crippen molar-refractivity contribution in [2.24, 2.45) is 0 Å². The number of likely N-dealkylation sites (tertiary alicyclic amines) is 1. The largest absolute Gasteiger partial charge is 0.324 e. The summed E-state index contributed by atoms with van der Waals surface area (Å²) in [6.45, 7) is 5.21. The van der Waals surface area contributed by atoms with E-state index >= 15 is 0 Å². The van der Waals surface area contributed by atoms with Crippen molar-refractivity contribution in [2.45, 2.75) is 32.1 Å². The van der Waals surface area contributed by atoms with E-state index < -0.39 is 5.41 Å². The standard InChI is InChI=1S/C21H23N3O/c1-16-7-6-10-19(17(16)2)23-20(25)24-13-11-21(15-22,12-14-24)18-8-4-3-5-9-18/h3-10H,11-14H2,1-2H3,(H,23,25). The Bertz CT molecular complexity index is 800. The van der Waals surface area contributed by atoms with E-state index in [0.717, 1.165) is 22.4 Å². The summed E-state index contributed by atoms with van der Waals surface area (Å²) in [5, 5.41) is 12.8. The van der Waals surface area contributed by atoms with Crippen LogP contribution in [0, 0.1) is 25.2 Å². The van der Waals surface area contributed by atoms with Crippen molar-refractivity contribution in [3.8, 4) is 6.07 Å². The zero-order chi connectivity index (χ0) is 17.9. The van der Waals surface area contributed by atoms with Gasteiger partial charge in [0.25, 0.3) is 0 Å². The summed E-state index contributed by atoms with van der Waals surface area (Å²) < 4.78 is 0. The third-order valence-electron chi connectivity index (χ3n) is 5.29. The maximum absolute atomic E-state index is 12.6. The van der Waals surface area contributed by atoms with Gasteiger partial charge in [0, 0.05) is 18.8 Å². The summed E-state index contributed by atoms with van der Waals surface area (Å²) >= 11 is 0. The number of carbonyl (C=O) groups excluding carboxylic acids is 1. The van der Waals surface area contributed by atoms with Gasteiger partial charge in [-0.15, -0.1) is 0 Å². The number of hydrogen-bond donors (Lipinski definition) is 1. The number of carbonyl (C=O) groups is 1. The van der Waals surface area contributed by atoms with Gasteiger partial charge in [-0.05, 0) is 49.4 Å². The first-order valence-corrected chi connectivity index (χ1v) is 8.65. The number of rotatable bonds is 2. The second-order valence-electron chi connectivity index (χ2n) is 6.72. The molecule has 25 heavy (non-hydrogen) atoms. The lowest BCUT2D eigenvalue weighted by molar-refractivity contribution is 0.183. The van der Waals surface area contributed by atoms with Crippen LogP contribution in [0.3, 0.4) is 0 Å². The van der Waals surface area contributed by atoms with Crippen molar-refractivity contribution in [1.29, 1.82) is 5.26 Å². The molecule has 1 heterocycles. The third kappa shape index (κ3) is 3.36. The number of benzene rings is 2. The highest BCUT2D eigenvalue weighted by molar-refractivity contribution is 5.90. The van der Waals surface area contributed by atoms with E-state index in [1.165, 1.54) is 0 Å². The fraction of sp³-hybridized carbons (Fsp3) is 0.333. The van der Waals surface area contributed by atoms with Gasteiger partial charge < -0.3 is 10.2 Å². The molecule has 2 aromatic carbocycles. The van der Waals surface area contributed by atoms with Gasteiger partial charge in [-0.25, -0.2) is 4.79 Å². The Balaban J connectivity index is 1.69. The van der Waals surface area contributed by atoms with Crippen molar-refractivity contribution in [3.05, 3.63) is 65.2 Å². The minimum Gasteiger partial charge on any atom is -0.324 e. The molecule has 2 amide bonds. The lowest BCUT2D eigenvalue weighted by Gasteiger charge is -2.37. The Morgan fingerprint density at radius 1 is 1.08 bits per heavy atom. The molecule has 0 atom stereocenters. The van der Waals surface area contributed by atoms with Crippen LogP contribution in [0.1, 0.15) is 29.5 Å². The number of nitrogens with zero attached hydrogens (tertiary/aromatic N) is 2. The average Bonchev–Trinajstić information content (AvgIpc) is 2.66. The average molecular weight is 333 g/mol. The van der Waals surface area contributed by atoms with E-state index in [0.29, 0.717) is 25.9 Å². The minimum atomic E-state index is -0.489. The smallest absolute Gasteiger partial charge is 0.321 e. The molecular weight excluding hydrogens is 310 g/mol. The second-order valence-corrected chi connectivity index (χ2v) is 6.72. The molecule has 2 aromatic rings. The van der Waals surface area contributed by atoms with Crippen LogP contribution in [0.15, 0.2) is 48.5 Å². The normalized spacial score (nSPS) is 16.1. The van der Waals surface area contributed by atoms with Crippen LogP contribution in [0.5, 0.6) is 0 Å². The fourth-order valence-corrected chi connectivity index (χ4v) is 3.39. The second kappa shape index (κ2) is 6.98. The van der Waals surface area contributed by atoms with Crippen LogP contribution in [0.2, 0.25) is 0 Å². The van der Waals surface area contributed by atoms with Crippen molar-refractivity contribution >= 4 is 11.7 Å². The van der Waals surface area contributed by atoms with E-state index in [2.05, 4.69) is 11.4 Å². The molecule has 1 aliphatic heterocycles. The van der Waals surface area contributed by atoms with Crippen LogP contribution >= 0.6 is 0 Å². The Morgan fingerprint density at radius 3 is 2.40 bits per heavy atom. The molecule has 1 N–H and O–H groups in total. The monoisotopic (exact) mass is 333 g/mol. The molecule has 128 valence electrons. The Labute approximate surface area is 149 Å². The molecule has 4 nitrogen and oxygen atoms in total. The first-order valence-electron chi connectivity index (χ1n) is 8.65. The number of aryl methyl sites for hydroxylation is 1. The van der Waals surface area contributed by atoms with Crippen LogP contribution < -0.4 is 5.32 Å². The fourth-order valence-electron chi connectivity index (χ4n) is 3.39. The van der Waals surface area contributed by atoms with Crippen LogP contribution in [-0.2, 0) is 5.41 Å². The quantitative estimate of drug-likeness (QED) is 0.886. The van der Waals surface area contributed by atoms with E-state index in [4.69, 9.17) is 0 Å². The number of urea groups is 1. The SMILES string of the molecule is Cc1cccc(NC(=O)N2CCC(C#N)(c3ccccc3)CC2)c1C. The van der Waals surface area contributed by atoms with Crippen molar-refractivity contribution in [3.63, 3.8) is 0 Å². The molecule has 0 unspecified atom stereocenters. The van der Waals surface area contributed by atoms with Gasteiger partial charge in [0.2, 0.25) is 0 Å². The highest BCUT2D eigenvalue weighted by atomic mass is 16.2. The molecule has 1 aliphatic rings. The number of nitrogens with one attached hydrogen (secondary N) is 1. The number of piperidine rings is 1. The van der Waals surface area contributed by atoms with Crippen molar-refractivity contribution in [1.82, 2.24) is 4.90 Å². The van der Waals surface area contributed by atoms with Crippen molar-refractivity contribution in [2.75, 3.05) is 18.4 Å². The minimum absolute atomic E-state index is 0.0895. The first-order chi connectivity index (χ1) is 12.1. The summed E-state index contributed by atoms with van der Waals surface area (Å²) in [7, 11) is 0. The first kappa shape index (κ1) is 17.0. The highest BCUT2D eigenvalue weighted by Crippen LogP contribution is 2.35. The molecular formula is C21H23N3O. The molecule has 1 fully saturated rings. The zero-order valence-corrected chi connectivity index (χ0v) is 14.7. The maximum atomic E-state index is 12.6. The Morgan fingerprint density at radius 2 is 1.76 bits per heavy atom. The number of amides is 2. The Hall–Kier alpha value is -2.80. The van der Waals surface area contributed by atoms with Crippen LogP contribution in [0.25, 0.3) is 0 Å². The number of nitriles is 1. The molecule has 0 saturated carbocycles. The summed E-state index contributed by atoms with van der Waals surface area (Å²) in [5.74, 6) is 0. The number of hydrogen-bond acceptors (Lipinski definition) is 2. The molecule has 0 spiro atoms. The van der Waals surface area contributed by atoms with Crippen LogP contribution in [0.4, 0.5) is 10.5 Å². The van der Waals surface area contributed by atoms with Gasteiger partial charge in [0.15, 0.2) is 0 Å². The van der Waals surface area contributed by atoms with Gasteiger partial charge in [-0.1, -0.05) is 42.5 Å².